The van der Waals surface area contributed by atoms with E-state index in [1.165, 1.54) is 58.0 Å². The normalized spacial score (nSPS) is 41.2. The summed E-state index contributed by atoms with van der Waals surface area (Å²) >= 11 is 0. The highest BCUT2D eigenvalue weighted by Crippen LogP contribution is 2.33. The minimum Gasteiger partial charge on any atom is -0.314 e. The lowest BCUT2D eigenvalue weighted by Gasteiger charge is -2.26. The lowest BCUT2D eigenvalue weighted by Crippen LogP contribution is -2.42. The predicted octanol–water partition coefficient (Wildman–Crippen LogP) is 1.91. The molecule has 3 aliphatic rings. The fourth-order valence-corrected chi connectivity index (χ4v) is 3.44. The lowest BCUT2D eigenvalue weighted by molar-refractivity contribution is 0.318. The van der Waals surface area contributed by atoms with Gasteiger partial charge < -0.3 is 10.6 Å². The molecule has 2 nitrogen and oxygen atoms in total. The predicted molar refractivity (Wildman–Crippen MR) is 62.9 cm³/mol. The minimum absolute atomic E-state index is 0.834. The van der Waals surface area contributed by atoms with Crippen molar-refractivity contribution in [3.05, 3.63) is 0 Å². The van der Waals surface area contributed by atoms with E-state index < -0.39 is 0 Å². The first-order valence-electron chi connectivity index (χ1n) is 6.90. The van der Waals surface area contributed by atoms with Crippen molar-refractivity contribution < 1.29 is 0 Å². The van der Waals surface area contributed by atoms with Crippen LogP contribution in [-0.4, -0.2) is 25.2 Å². The summed E-state index contributed by atoms with van der Waals surface area (Å²) in [4.78, 5) is 0. The molecule has 3 atom stereocenters. The highest BCUT2D eigenvalue weighted by atomic mass is 15.0. The quantitative estimate of drug-likeness (QED) is 0.737. The first-order valence-corrected chi connectivity index (χ1v) is 6.90. The van der Waals surface area contributed by atoms with Crippen LogP contribution >= 0.6 is 0 Å². The molecule has 2 heteroatoms. The summed E-state index contributed by atoms with van der Waals surface area (Å²) in [6.07, 6.45) is 10.1. The number of nitrogens with one attached hydrogen (secondary N) is 2. The number of rotatable bonds is 4. The smallest absolute Gasteiger partial charge is 0.0111 e. The van der Waals surface area contributed by atoms with Crippen LogP contribution in [0.5, 0.6) is 0 Å². The fraction of sp³-hybridized carbons (Fsp3) is 1.00. The molecular weight excluding hydrogens is 184 g/mol. The van der Waals surface area contributed by atoms with Gasteiger partial charge in [-0.15, -0.1) is 0 Å². The zero-order valence-corrected chi connectivity index (χ0v) is 9.67. The van der Waals surface area contributed by atoms with Crippen LogP contribution in [0.3, 0.4) is 0 Å². The molecule has 2 N–H and O–H groups in total. The molecule has 3 unspecified atom stereocenters. The molecule has 0 spiro atoms. The van der Waals surface area contributed by atoms with Crippen LogP contribution in [0.2, 0.25) is 0 Å². The van der Waals surface area contributed by atoms with E-state index in [1.807, 2.05) is 0 Å². The molecule has 86 valence electrons. The molecule has 3 fully saturated rings. The molecule has 1 aliphatic heterocycles. The standard InChI is InChI=1S/C13H24N2/c1-3-11(12-5-2-8-14-12)13(4-1)15-9-10-6-7-10/h10-15H,1-9H2. The fourth-order valence-electron chi connectivity index (χ4n) is 3.44. The molecule has 0 aromatic carbocycles. The maximum Gasteiger partial charge on any atom is 0.0111 e. The second kappa shape index (κ2) is 4.42. The van der Waals surface area contributed by atoms with Gasteiger partial charge >= 0.3 is 0 Å². The first-order chi connectivity index (χ1) is 7.43. The summed E-state index contributed by atoms with van der Waals surface area (Å²) in [5.74, 6) is 1.97. The molecule has 3 rings (SSSR count). The Morgan fingerprint density at radius 2 is 1.93 bits per heavy atom. The van der Waals surface area contributed by atoms with Gasteiger partial charge in [0.2, 0.25) is 0 Å². The molecule has 1 saturated heterocycles. The van der Waals surface area contributed by atoms with Crippen LogP contribution in [0.15, 0.2) is 0 Å². The Morgan fingerprint density at radius 3 is 2.67 bits per heavy atom. The van der Waals surface area contributed by atoms with E-state index in [2.05, 4.69) is 10.6 Å². The van der Waals surface area contributed by atoms with Gasteiger partial charge in [-0.1, -0.05) is 6.42 Å². The Morgan fingerprint density at radius 1 is 1.00 bits per heavy atom. The molecule has 0 radical (unpaired) electrons. The maximum atomic E-state index is 3.83. The van der Waals surface area contributed by atoms with Gasteiger partial charge in [0.1, 0.15) is 0 Å². The van der Waals surface area contributed by atoms with Gasteiger partial charge in [0.15, 0.2) is 0 Å². The zero-order chi connectivity index (χ0) is 10.1. The second-order valence-electron chi connectivity index (χ2n) is 5.76. The van der Waals surface area contributed by atoms with Crippen molar-refractivity contribution in [1.82, 2.24) is 10.6 Å². The van der Waals surface area contributed by atoms with Crippen LogP contribution < -0.4 is 10.6 Å². The second-order valence-corrected chi connectivity index (χ2v) is 5.76. The van der Waals surface area contributed by atoms with Gasteiger partial charge in [0.25, 0.3) is 0 Å². The highest BCUT2D eigenvalue weighted by molar-refractivity contribution is 4.93. The van der Waals surface area contributed by atoms with Crippen molar-refractivity contribution in [2.45, 2.75) is 57.0 Å². The van der Waals surface area contributed by atoms with E-state index in [0.29, 0.717) is 0 Å². The van der Waals surface area contributed by atoms with Crippen LogP contribution in [-0.2, 0) is 0 Å². The Balaban J connectivity index is 1.51. The minimum atomic E-state index is 0.834. The molecule has 0 bridgehead atoms. The Kier molecular flexibility index (Phi) is 2.98. The molecule has 1 heterocycles. The van der Waals surface area contributed by atoms with E-state index in [4.69, 9.17) is 0 Å². The molecule has 0 amide bonds. The van der Waals surface area contributed by atoms with Crippen LogP contribution in [0.25, 0.3) is 0 Å². The summed E-state index contributed by atoms with van der Waals surface area (Å²) < 4.78 is 0. The summed E-state index contributed by atoms with van der Waals surface area (Å²) in [7, 11) is 0. The number of hydrogen-bond acceptors (Lipinski definition) is 2. The summed E-state index contributed by atoms with van der Waals surface area (Å²) in [6, 6.07) is 1.67. The number of hydrogen-bond donors (Lipinski definition) is 2. The molecule has 2 aliphatic carbocycles. The third kappa shape index (κ3) is 2.36. The van der Waals surface area contributed by atoms with E-state index >= 15 is 0 Å². The monoisotopic (exact) mass is 208 g/mol. The summed E-state index contributed by atoms with van der Waals surface area (Å²) in [6.45, 7) is 2.56. The molecule has 0 aromatic rings. The van der Waals surface area contributed by atoms with E-state index in [1.54, 1.807) is 0 Å². The largest absolute Gasteiger partial charge is 0.314 e. The van der Waals surface area contributed by atoms with Crippen molar-refractivity contribution in [3.63, 3.8) is 0 Å². The van der Waals surface area contributed by atoms with Crippen LogP contribution in [0.4, 0.5) is 0 Å². The van der Waals surface area contributed by atoms with Crippen molar-refractivity contribution >= 4 is 0 Å². The van der Waals surface area contributed by atoms with Gasteiger partial charge in [-0.05, 0) is 63.5 Å². The zero-order valence-electron chi connectivity index (χ0n) is 9.67. The Hall–Kier alpha value is -0.0800. The third-order valence-electron chi connectivity index (χ3n) is 4.55. The topological polar surface area (TPSA) is 24.1 Å². The Labute approximate surface area is 93.2 Å². The van der Waals surface area contributed by atoms with Crippen molar-refractivity contribution in [2.75, 3.05) is 13.1 Å². The van der Waals surface area contributed by atoms with E-state index in [0.717, 1.165) is 23.9 Å². The van der Waals surface area contributed by atoms with Crippen molar-refractivity contribution in [2.24, 2.45) is 11.8 Å². The van der Waals surface area contributed by atoms with Gasteiger partial charge in [0.05, 0.1) is 0 Å². The van der Waals surface area contributed by atoms with Gasteiger partial charge in [-0.3, -0.25) is 0 Å². The van der Waals surface area contributed by atoms with Crippen LogP contribution in [0, 0.1) is 11.8 Å². The van der Waals surface area contributed by atoms with E-state index in [-0.39, 0.29) is 0 Å². The average molecular weight is 208 g/mol. The van der Waals surface area contributed by atoms with E-state index in [9.17, 15) is 0 Å². The summed E-state index contributed by atoms with van der Waals surface area (Å²) in [5.41, 5.74) is 0. The molecule has 2 saturated carbocycles. The van der Waals surface area contributed by atoms with Crippen LogP contribution in [0.1, 0.15) is 44.9 Å². The SMILES string of the molecule is C1CNC(C2CCCC2NCC2CC2)C1. The first kappa shape index (κ1) is 10.1. The lowest BCUT2D eigenvalue weighted by atomic mass is 9.93. The summed E-state index contributed by atoms with van der Waals surface area (Å²) in [5, 5.41) is 7.52. The van der Waals surface area contributed by atoms with Gasteiger partial charge in [-0.25, -0.2) is 0 Å². The third-order valence-corrected chi connectivity index (χ3v) is 4.55. The molecule has 15 heavy (non-hydrogen) atoms. The van der Waals surface area contributed by atoms with Gasteiger partial charge in [0, 0.05) is 12.1 Å². The van der Waals surface area contributed by atoms with Gasteiger partial charge in [-0.2, -0.15) is 0 Å². The molecular formula is C13H24N2. The maximum absolute atomic E-state index is 3.83. The Bertz CT molecular complexity index is 207. The van der Waals surface area contributed by atoms with Crippen molar-refractivity contribution in [1.29, 1.82) is 0 Å². The highest BCUT2D eigenvalue weighted by Gasteiger charge is 2.35. The average Bonchev–Trinajstić information content (AvgIpc) is 2.79. The molecule has 0 aromatic heterocycles. The van der Waals surface area contributed by atoms with Crippen molar-refractivity contribution in [3.8, 4) is 0 Å².